The molecule has 0 fully saturated rings. The molecule has 2 rings (SSSR count). The van der Waals surface area contributed by atoms with Crippen LogP contribution < -0.4 is 19.5 Å². The first kappa shape index (κ1) is 17.6. The van der Waals surface area contributed by atoms with Crippen LogP contribution in [0.15, 0.2) is 40.9 Å². The second-order valence-electron chi connectivity index (χ2n) is 5.07. The smallest absolute Gasteiger partial charge is 0.161 e. The Labute approximate surface area is 145 Å². The first-order chi connectivity index (χ1) is 11.2. The highest BCUT2D eigenvalue weighted by Crippen LogP contribution is 2.33. The molecule has 0 aliphatic rings. The minimum atomic E-state index is 0.723. The predicted molar refractivity (Wildman–Crippen MR) is 95.7 cm³/mol. The highest BCUT2D eigenvalue weighted by molar-refractivity contribution is 9.10. The summed E-state index contributed by atoms with van der Waals surface area (Å²) in [6, 6.07) is 12.1. The van der Waals surface area contributed by atoms with Crippen molar-refractivity contribution >= 4 is 15.9 Å². The summed E-state index contributed by atoms with van der Waals surface area (Å²) in [7, 11) is 4.96. The Kier molecular flexibility index (Phi) is 6.74. The van der Waals surface area contributed by atoms with E-state index in [1.165, 1.54) is 5.56 Å². The predicted octanol–water partition coefficient (Wildman–Crippen LogP) is 3.81. The van der Waals surface area contributed by atoms with E-state index < -0.39 is 0 Å². The van der Waals surface area contributed by atoms with Crippen LogP contribution in [0, 0.1) is 0 Å². The van der Waals surface area contributed by atoms with Crippen LogP contribution in [0.5, 0.6) is 17.2 Å². The van der Waals surface area contributed by atoms with Crippen LogP contribution in [0.25, 0.3) is 0 Å². The molecule has 0 heterocycles. The molecule has 0 aromatic heterocycles. The molecule has 0 amide bonds. The van der Waals surface area contributed by atoms with Crippen LogP contribution >= 0.6 is 15.9 Å². The van der Waals surface area contributed by atoms with E-state index in [0.29, 0.717) is 0 Å². The second-order valence-corrected chi connectivity index (χ2v) is 5.93. The molecule has 124 valence electrons. The molecule has 0 saturated carbocycles. The maximum absolute atomic E-state index is 5.34. The standard InChI is InChI=1S/C18H22BrNO3/c1-21-15-6-4-13(5-7-15)8-9-20-12-14-10-17(22-2)18(23-3)11-16(14)19/h4-7,10-11,20H,8-9,12H2,1-3H3. The number of hydrogen-bond acceptors (Lipinski definition) is 4. The van der Waals surface area contributed by atoms with Crippen LogP contribution in [0.2, 0.25) is 0 Å². The lowest BCUT2D eigenvalue weighted by molar-refractivity contribution is 0.354. The lowest BCUT2D eigenvalue weighted by Crippen LogP contribution is -2.17. The fraction of sp³-hybridized carbons (Fsp3) is 0.333. The van der Waals surface area contributed by atoms with Gasteiger partial charge in [-0.25, -0.2) is 0 Å². The zero-order valence-corrected chi connectivity index (χ0v) is 15.3. The Morgan fingerprint density at radius 1 is 0.913 bits per heavy atom. The Morgan fingerprint density at radius 2 is 1.57 bits per heavy atom. The van der Waals surface area contributed by atoms with E-state index in [-0.39, 0.29) is 0 Å². The lowest BCUT2D eigenvalue weighted by atomic mass is 10.1. The maximum atomic E-state index is 5.34. The van der Waals surface area contributed by atoms with Crippen molar-refractivity contribution in [2.45, 2.75) is 13.0 Å². The highest BCUT2D eigenvalue weighted by atomic mass is 79.9. The molecule has 0 saturated heterocycles. The summed E-state index contributed by atoms with van der Waals surface area (Å²) >= 11 is 3.57. The van der Waals surface area contributed by atoms with Gasteiger partial charge in [0.15, 0.2) is 11.5 Å². The van der Waals surface area contributed by atoms with Crippen molar-refractivity contribution in [1.82, 2.24) is 5.32 Å². The Morgan fingerprint density at radius 3 is 2.17 bits per heavy atom. The normalized spacial score (nSPS) is 10.4. The molecule has 0 unspecified atom stereocenters. The molecule has 0 aliphatic heterocycles. The van der Waals surface area contributed by atoms with Gasteiger partial charge in [-0.1, -0.05) is 28.1 Å². The molecule has 2 aromatic carbocycles. The summed E-state index contributed by atoms with van der Waals surface area (Å²) in [4.78, 5) is 0. The molecule has 4 nitrogen and oxygen atoms in total. The van der Waals surface area contributed by atoms with Crippen LogP contribution in [0.1, 0.15) is 11.1 Å². The minimum absolute atomic E-state index is 0.723. The van der Waals surface area contributed by atoms with Gasteiger partial charge in [-0.3, -0.25) is 0 Å². The van der Waals surface area contributed by atoms with E-state index in [0.717, 1.165) is 46.8 Å². The van der Waals surface area contributed by atoms with Gasteiger partial charge in [-0.2, -0.15) is 0 Å². The third-order valence-corrected chi connectivity index (χ3v) is 4.36. The van der Waals surface area contributed by atoms with E-state index in [1.54, 1.807) is 21.3 Å². The monoisotopic (exact) mass is 379 g/mol. The molecule has 0 atom stereocenters. The summed E-state index contributed by atoms with van der Waals surface area (Å²) in [5.74, 6) is 2.35. The topological polar surface area (TPSA) is 39.7 Å². The average molecular weight is 380 g/mol. The van der Waals surface area contributed by atoms with Crippen molar-refractivity contribution in [3.8, 4) is 17.2 Å². The second kappa shape index (κ2) is 8.79. The Hall–Kier alpha value is -1.72. The van der Waals surface area contributed by atoms with Gasteiger partial charge < -0.3 is 19.5 Å². The summed E-state index contributed by atoms with van der Waals surface area (Å²) in [6.45, 7) is 1.66. The molecule has 0 aliphatic carbocycles. The highest BCUT2D eigenvalue weighted by Gasteiger charge is 2.09. The van der Waals surface area contributed by atoms with Crippen LogP contribution in [0.3, 0.4) is 0 Å². The quantitative estimate of drug-likeness (QED) is 0.707. The molecule has 0 spiro atoms. The molecule has 23 heavy (non-hydrogen) atoms. The molecule has 5 heteroatoms. The number of hydrogen-bond donors (Lipinski definition) is 1. The number of nitrogens with one attached hydrogen (secondary N) is 1. The van der Waals surface area contributed by atoms with Crippen molar-refractivity contribution in [1.29, 1.82) is 0 Å². The van der Waals surface area contributed by atoms with Crippen molar-refractivity contribution in [3.05, 3.63) is 52.0 Å². The largest absolute Gasteiger partial charge is 0.497 e. The number of rotatable bonds is 8. The molecule has 0 radical (unpaired) electrons. The van der Waals surface area contributed by atoms with Crippen molar-refractivity contribution in [2.24, 2.45) is 0 Å². The summed E-state index contributed by atoms with van der Waals surface area (Å²) in [6.07, 6.45) is 0.967. The van der Waals surface area contributed by atoms with Crippen molar-refractivity contribution < 1.29 is 14.2 Å². The van der Waals surface area contributed by atoms with E-state index in [9.17, 15) is 0 Å². The van der Waals surface area contributed by atoms with Gasteiger partial charge in [0.25, 0.3) is 0 Å². The van der Waals surface area contributed by atoms with Gasteiger partial charge >= 0.3 is 0 Å². The molecule has 0 bridgehead atoms. The number of ether oxygens (including phenoxy) is 3. The first-order valence-electron chi connectivity index (χ1n) is 7.42. The maximum Gasteiger partial charge on any atom is 0.161 e. The zero-order valence-electron chi connectivity index (χ0n) is 13.7. The van der Waals surface area contributed by atoms with E-state index >= 15 is 0 Å². The van der Waals surface area contributed by atoms with Gasteiger partial charge in [-0.15, -0.1) is 0 Å². The SMILES string of the molecule is COc1ccc(CCNCc2cc(OC)c(OC)cc2Br)cc1. The van der Waals surface area contributed by atoms with E-state index in [2.05, 4.69) is 33.4 Å². The van der Waals surface area contributed by atoms with Crippen molar-refractivity contribution in [2.75, 3.05) is 27.9 Å². The Balaban J connectivity index is 1.88. The molecule has 1 N–H and O–H groups in total. The first-order valence-corrected chi connectivity index (χ1v) is 8.21. The number of methoxy groups -OCH3 is 3. The summed E-state index contributed by atoms with van der Waals surface area (Å²) in [5.41, 5.74) is 2.42. The molecule has 2 aromatic rings. The molecular weight excluding hydrogens is 358 g/mol. The third-order valence-electron chi connectivity index (χ3n) is 3.62. The van der Waals surface area contributed by atoms with Crippen LogP contribution in [0.4, 0.5) is 0 Å². The van der Waals surface area contributed by atoms with Gasteiger partial charge in [-0.05, 0) is 48.4 Å². The van der Waals surface area contributed by atoms with Crippen LogP contribution in [-0.4, -0.2) is 27.9 Å². The Bertz CT molecular complexity index is 629. The summed E-state index contributed by atoms with van der Waals surface area (Å²) < 4.78 is 16.8. The summed E-state index contributed by atoms with van der Waals surface area (Å²) in [5, 5.41) is 3.45. The van der Waals surface area contributed by atoms with E-state index in [1.807, 2.05) is 24.3 Å². The number of benzene rings is 2. The van der Waals surface area contributed by atoms with Crippen LogP contribution in [-0.2, 0) is 13.0 Å². The zero-order chi connectivity index (χ0) is 16.7. The lowest BCUT2D eigenvalue weighted by Gasteiger charge is -2.12. The van der Waals surface area contributed by atoms with E-state index in [4.69, 9.17) is 14.2 Å². The number of halogens is 1. The fourth-order valence-electron chi connectivity index (χ4n) is 2.28. The van der Waals surface area contributed by atoms with Gasteiger partial charge in [0.1, 0.15) is 5.75 Å². The van der Waals surface area contributed by atoms with Crippen molar-refractivity contribution in [3.63, 3.8) is 0 Å². The fourth-order valence-corrected chi connectivity index (χ4v) is 2.74. The average Bonchev–Trinajstić information content (AvgIpc) is 2.59. The minimum Gasteiger partial charge on any atom is -0.497 e. The third kappa shape index (κ3) is 4.88. The molecular formula is C18H22BrNO3. The van der Waals surface area contributed by atoms with Gasteiger partial charge in [0, 0.05) is 11.0 Å². The van der Waals surface area contributed by atoms with Gasteiger partial charge in [0.05, 0.1) is 21.3 Å². The van der Waals surface area contributed by atoms with Gasteiger partial charge in [0.2, 0.25) is 0 Å².